The van der Waals surface area contributed by atoms with Crippen molar-refractivity contribution in [3.8, 4) is 0 Å². The van der Waals surface area contributed by atoms with Crippen LogP contribution in [-0.4, -0.2) is 85.1 Å². The van der Waals surface area contributed by atoms with E-state index in [1.807, 2.05) is 0 Å². The Morgan fingerprint density at radius 1 is 0.568 bits per heavy atom. The van der Waals surface area contributed by atoms with Gasteiger partial charge in [0.2, 0.25) is 0 Å². The van der Waals surface area contributed by atoms with E-state index in [0.717, 1.165) is 36.4 Å². The van der Waals surface area contributed by atoms with E-state index < -0.39 is 66.7 Å². The first-order valence-electron chi connectivity index (χ1n) is 9.12. The predicted molar refractivity (Wildman–Crippen MR) is 126 cm³/mol. The summed E-state index contributed by atoms with van der Waals surface area (Å²) < 4.78 is 146. The average Bonchev–Trinajstić information content (AvgIpc) is 2.72. The van der Waals surface area contributed by atoms with Crippen LogP contribution in [0.25, 0.3) is 0 Å². The Morgan fingerprint density at radius 2 is 0.919 bits per heavy atom. The van der Waals surface area contributed by atoms with Gasteiger partial charge in [-0.25, -0.2) is 0 Å². The Morgan fingerprint density at radius 3 is 1.22 bits per heavy atom. The molecule has 0 saturated heterocycles. The molecule has 0 atom stereocenters. The van der Waals surface area contributed by atoms with Crippen LogP contribution in [0.1, 0.15) is 11.1 Å². The maximum atomic E-state index is 13.5. The van der Waals surface area contributed by atoms with Gasteiger partial charge in [-0.2, -0.15) is 43.2 Å². The zero-order chi connectivity index (χ0) is 26.4. The minimum atomic E-state index is -5.18. The molecule has 190 valence electrons. The second-order valence-electron chi connectivity index (χ2n) is 7.04. The third kappa shape index (κ3) is 8.74. The molecule has 0 aliphatic rings. The molecular weight excluding hydrogens is 591 g/mol. The van der Waals surface area contributed by atoms with Gasteiger partial charge < -0.3 is 0 Å². The molecule has 2 N–H and O–H groups in total. The van der Waals surface area contributed by atoms with Gasteiger partial charge in [0.25, 0.3) is 20.2 Å². The van der Waals surface area contributed by atoms with Crippen molar-refractivity contribution >= 4 is 103 Å². The molecule has 0 spiro atoms. The third-order valence-electron chi connectivity index (χ3n) is 4.58. The first kappa shape index (κ1) is 34.5. The quantitative estimate of drug-likeness (QED) is 0.201. The normalized spacial score (nSPS) is 12.6. The molecule has 0 fully saturated rings. The summed E-state index contributed by atoms with van der Waals surface area (Å²) in [4.78, 5) is -1.37. The van der Waals surface area contributed by atoms with Crippen molar-refractivity contribution in [2.75, 3.05) is 0 Å². The maximum Gasteiger partial charge on any atom is 0.416 e. The molecule has 0 unspecified atom stereocenters. The number of hydrogen-bond donors (Lipinski definition) is 2. The smallest absolute Gasteiger partial charge is 0.282 e. The molecule has 3 aromatic rings. The fraction of sp³-hybridized carbons (Fsp3) is 0.100. The van der Waals surface area contributed by atoms with E-state index in [0.29, 0.717) is 12.1 Å². The number of benzene rings is 3. The van der Waals surface area contributed by atoms with Crippen molar-refractivity contribution < 1.29 is 52.3 Å². The zero-order valence-corrected chi connectivity index (χ0v) is 25.4. The fourth-order valence-corrected chi connectivity index (χ4v) is 6.75. The molecule has 0 saturated carbocycles. The molecule has 3 aromatic carbocycles. The van der Waals surface area contributed by atoms with Crippen molar-refractivity contribution in [2.45, 2.75) is 22.1 Å². The Balaban J connectivity index is 0.00000342. The van der Waals surface area contributed by atoms with E-state index in [-0.39, 0.29) is 75.8 Å². The Hall–Kier alpha value is -0.510. The van der Waals surface area contributed by atoms with E-state index in [4.69, 9.17) is 0 Å². The molecular formula is C20H13F6Na2O6PS2. The van der Waals surface area contributed by atoms with Crippen LogP contribution in [0.3, 0.4) is 0 Å². The van der Waals surface area contributed by atoms with Gasteiger partial charge in [0.15, 0.2) is 0 Å². The van der Waals surface area contributed by atoms with Crippen LogP contribution in [0.5, 0.6) is 0 Å². The second kappa shape index (κ2) is 12.3. The Labute approximate surface area is 253 Å². The summed E-state index contributed by atoms with van der Waals surface area (Å²) in [5, 5.41) is -0.771. The summed E-state index contributed by atoms with van der Waals surface area (Å²) in [5.74, 6) is 0. The minimum absolute atomic E-state index is 0. The van der Waals surface area contributed by atoms with Crippen LogP contribution in [0.4, 0.5) is 26.3 Å². The summed E-state index contributed by atoms with van der Waals surface area (Å²) in [7, 11) is -12.1. The standard InChI is InChI=1S/C20H13F6O6PS2.2Na/c21-19(22,23)12-7-13(20(24,25)26)9-16(8-12)33(14-3-1-5-17(10-14)34(27,28)29)15-4-2-6-18(11-15)35(30,31)32;;/h1-11H,(H,27,28,29)(H,30,31,32);;. The van der Waals surface area contributed by atoms with Crippen molar-refractivity contribution in [1.82, 2.24) is 0 Å². The van der Waals surface area contributed by atoms with Crippen molar-refractivity contribution in [3.63, 3.8) is 0 Å². The third-order valence-corrected chi connectivity index (χ3v) is 8.64. The molecule has 0 heterocycles. The Kier molecular flexibility index (Phi) is 11.5. The van der Waals surface area contributed by atoms with Crippen LogP contribution < -0.4 is 15.9 Å². The van der Waals surface area contributed by atoms with E-state index in [1.54, 1.807) is 0 Å². The SMILES string of the molecule is O=S(=O)(O)c1cccc(P(c2cc(C(F)(F)F)cc(C(F)(F)F)c2)c2cccc(S(=O)(=O)O)c2)c1.[Na].[Na]. The van der Waals surface area contributed by atoms with Crippen LogP contribution in [0, 0.1) is 0 Å². The van der Waals surface area contributed by atoms with Gasteiger partial charge in [-0.05, 0) is 66.3 Å². The van der Waals surface area contributed by atoms with E-state index in [9.17, 15) is 52.3 Å². The van der Waals surface area contributed by atoms with Crippen molar-refractivity contribution in [1.29, 1.82) is 0 Å². The van der Waals surface area contributed by atoms with Gasteiger partial charge in [0.05, 0.1) is 20.9 Å². The maximum absolute atomic E-state index is 13.5. The van der Waals surface area contributed by atoms with E-state index in [2.05, 4.69) is 0 Å². The molecule has 2 radical (unpaired) electrons. The van der Waals surface area contributed by atoms with Crippen molar-refractivity contribution in [2.24, 2.45) is 0 Å². The molecule has 17 heteroatoms. The van der Waals surface area contributed by atoms with Gasteiger partial charge in [-0.15, -0.1) is 0 Å². The number of rotatable bonds is 5. The monoisotopic (exact) mass is 604 g/mol. The molecule has 0 aromatic heterocycles. The summed E-state index contributed by atoms with van der Waals surface area (Å²) in [5.41, 5.74) is -3.27. The first-order valence-corrected chi connectivity index (χ1v) is 13.3. The van der Waals surface area contributed by atoms with E-state index >= 15 is 0 Å². The zero-order valence-electron chi connectivity index (χ0n) is 18.9. The summed E-state index contributed by atoms with van der Waals surface area (Å²) in [6, 6.07) is 9.05. The average molecular weight is 604 g/mol. The molecule has 0 aliphatic carbocycles. The number of hydrogen-bond acceptors (Lipinski definition) is 4. The van der Waals surface area contributed by atoms with Crippen molar-refractivity contribution in [3.05, 3.63) is 77.9 Å². The molecule has 0 bridgehead atoms. The fourth-order valence-electron chi connectivity index (χ4n) is 3.08. The van der Waals surface area contributed by atoms with Gasteiger partial charge in [0.1, 0.15) is 0 Å². The minimum Gasteiger partial charge on any atom is -0.282 e. The second-order valence-corrected chi connectivity index (χ2v) is 12.1. The van der Waals surface area contributed by atoms with Crippen LogP contribution in [-0.2, 0) is 32.6 Å². The van der Waals surface area contributed by atoms with Crippen LogP contribution in [0.15, 0.2) is 76.5 Å². The van der Waals surface area contributed by atoms with E-state index in [1.165, 1.54) is 12.1 Å². The van der Waals surface area contributed by atoms with Gasteiger partial charge in [-0.1, -0.05) is 24.3 Å². The summed E-state index contributed by atoms with van der Waals surface area (Å²) in [6.07, 6.45) is -10.4. The largest absolute Gasteiger partial charge is 0.416 e. The topological polar surface area (TPSA) is 109 Å². The molecule has 3 rings (SSSR count). The predicted octanol–water partition coefficient (Wildman–Crippen LogP) is 3.21. The molecule has 0 aliphatic heterocycles. The van der Waals surface area contributed by atoms with Gasteiger partial charge >= 0.3 is 12.4 Å². The number of alkyl halides is 6. The molecule has 0 amide bonds. The molecule has 6 nitrogen and oxygen atoms in total. The van der Waals surface area contributed by atoms with Crippen LogP contribution in [0.2, 0.25) is 0 Å². The summed E-state index contributed by atoms with van der Waals surface area (Å²) in [6.45, 7) is 0. The Bertz CT molecular complexity index is 1390. The molecule has 37 heavy (non-hydrogen) atoms. The van der Waals surface area contributed by atoms with Gasteiger partial charge in [-0.3, -0.25) is 9.11 Å². The van der Waals surface area contributed by atoms with Crippen LogP contribution >= 0.6 is 7.92 Å². The summed E-state index contributed by atoms with van der Waals surface area (Å²) >= 11 is 0. The number of halogens is 6. The van der Waals surface area contributed by atoms with Gasteiger partial charge in [0, 0.05) is 59.1 Å². The first-order chi connectivity index (χ1) is 15.9.